The number of ether oxygens (including phenoxy) is 1. The quantitative estimate of drug-likeness (QED) is 0.420. The number of rotatable bonds is 4. The molecule has 0 unspecified atom stereocenters. The van der Waals surface area contributed by atoms with Crippen molar-refractivity contribution >= 4 is 0 Å². The summed E-state index contributed by atoms with van der Waals surface area (Å²) in [5.41, 5.74) is 0. The minimum atomic E-state index is -0.718. The first-order chi connectivity index (χ1) is 4.79. The molecule has 3 heteroatoms. The van der Waals surface area contributed by atoms with E-state index in [-0.39, 0.29) is 18.8 Å². The van der Waals surface area contributed by atoms with Crippen LogP contribution < -0.4 is 0 Å². The predicted octanol–water partition coefficient (Wildman–Crippen LogP) is -0.317. The Morgan fingerprint density at radius 2 is 2.40 bits per heavy atom. The SMILES string of the molecule is C=CC[C@H]1O[C@@H]1[C@@H](O)CO. The number of aliphatic hydroxyl groups excluding tert-OH is 2. The molecule has 0 aromatic carbocycles. The number of hydrogen-bond donors (Lipinski definition) is 2. The lowest BCUT2D eigenvalue weighted by molar-refractivity contribution is 0.0706. The Labute approximate surface area is 59.9 Å². The lowest BCUT2D eigenvalue weighted by Gasteiger charge is -1.99. The van der Waals surface area contributed by atoms with Gasteiger partial charge in [0.15, 0.2) is 0 Å². The van der Waals surface area contributed by atoms with Gasteiger partial charge in [0.1, 0.15) is 12.2 Å². The highest BCUT2D eigenvalue weighted by molar-refractivity contribution is 4.94. The molecule has 1 aliphatic heterocycles. The van der Waals surface area contributed by atoms with Gasteiger partial charge in [-0.25, -0.2) is 0 Å². The Morgan fingerprint density at radius 1 is 1.70 bits per heavy atom. The largest absolute Gasteiger partial charge is 0.394 e. The summed E-state index contributed by atoms with van der Waals surface area (Å²) in [6.07, 6.45) is 1.70. The van der Waals surface area contributed by atoms with E-state index in [1.165, 1.54) is 0 Å². The first kappa shape index (κ1) is 7.72. The molecule has 58 valence electrons. The Kier molecular flexibility index (Phi) is 2.43. The summed E-state index contributed by atoms with van der Waals surface area (Å²) in [7, 11) is 0. The van der Waals surface area contributed by atoms with E-state index < -0.39 is 6.10 Å². The van der Waals surface area contributed by atoms with Crippen molar-refractivity contribution in [2.45, 2.75) is 24.7 Å². The zero-order chi connectivity index (χ0) is 7.56. The second-order valence-corrected chi connectivity index (χ2v) is 2.41. The van der Waals surface area contributed by atoms with Gasteiger partial charge >= 0.3 is 0 Å². The number of aliphatic hydroxyl groups is 2. The Hall–Kier alpha value is -0.380. The summed E-state index contributed by atoms with van der Waals surface area (Å²) >= 11 is 0. The maximum absolute atomic E-state index is 8.99. The van der Waals surface area contributed by atoms with Gasteiger partial charge in [-0.2, -0.15) is 0 Å². The zero-order valence-electron chi connectivity index (χ0n) is 5.73. The lowest BCUT2D eigenvalue weighted by atomic mass is 10.2. The third-order valence-corrected chi connectivity index (χ3v) is 1.59. The van der Waals surface area contributed by atoms with Crippen LogP contribution in [0.2, 0.25) is 0 Å². The Balaban J connectivity index is 2.17. The van der Waals surface area contributed by atoms with Gasteiger partial charge < -0.3 is 14.9 Å². The monoisotopic (exact) mass is 144 g/mol. The molecule has 3 nitrogen and oxygen atoms in total. The predicted molar refractivity (Wildman–Crippen MR) is 36.6 cm³/mol. The number of epoxide rings is 1. The van der Waals surface area contributed by atoms with Crippen LogP contribution in [0, 0.1) is 0 Å². The van der Waals surface area contributed by atoms with Crippen molar-refractivity contribution < 1.29 is 14.9 Å². The van der Waals surface area contributed by atoms with Crippen LogP contribution >= 0.6 is 0 Å². The van der Waals surface area contributed by atoms with Crippen LogP contribution in [0.25, 0.3) is 0 Å². The van der Waals surface area contributed by atoms with Gasteiger partial charge in [0, 0.05) is 0 Å². The fourth-order valence-electron chi connectivity index (χ4n) is 0.953. The minimum Gasteiger partial charge on any atom is -0.394 e. The molecule has 0 amide bonds. The van der Waals surface area contributed by atoms with Crippen molar-refractivity contribution in [1.29, 1.82) is 0 Å². The molecule has 0 bridgehead atoms. The average Bonchev–Trinajstić information content (AvgIpc) is 2.67. The van der Waals surface area contributed by atoms with Gasteiger partial charge in [-0.1, -0.05) is 6.08 Å². The number of hydrogen-bond acceptors (Lipinski definition) is 3. The third-order valence-electron chi connectivity index (χ3n) is 1.59. The van der Waals surface area contributed by atoms with Crippen LogP contribution in [0.3, 0.4) is 0 Å². The maximum Gasteiger partial charge on any atom is 0.113 e. The zero-order valence-corrected chi connectivity index (χ0v) is 5.73. The van der Waals surface area contributed by atoms with Gasteiger partial charge in [0.25, 0.3) is 0 Å². The van der Waals surface area contributed by atoms with E-state index in [9.17, 15) is 0 Å². The second kappa shape index (κ2) is 3.14. The summed E-state index contributed by atoms with van der Waals surface area (Å²) in [4.78, 5) is 0. The van der Waals surface area contributed by atoms with E-state index in [1.807, 2.05) is 0 Å². The summed E-state index contributed by atoms with van der Waals surface area (Å²) in [5, 5.41) is 17.5. The Bertz CT molecular complexity index is 124. The summed E-state index contributed by atoms with van der Waals surface area (Å²) in [5.74, 6) is 0. The molecule has 0 spiro atoms. The molecule has 0 aromatic heterocycles. The van der Waals surface area contributed by atoms with Gasteiger partial charge in [-0.05, 0) is 6.42 Å². The van der Waals surface area contributed by atoms with Crippen LogP contribution in [0.4, 0.5) is 0 Å². The van der Waals surface area contributed by atoms with E-state index >= 15 is 0 Å². The molecule has 1 saturated heterocycles. The van der Waals surface area contributed by atoms with Crippen molar-refractivity contribution in [1.82, 2.24) is 0 Å². The van der Waals surface area contributed by atoms with Gasteiger partial charge in [0.05, 0.1) is 12.7 Å². The molecule has 0 aromatic rings. The van der Waals surface area contributed by atoms with Gasteiger partial charge in [0.2, 0.25) is 0 Å². The van der Waals surface area contributed by atoms with E-state index in [1.54, 1.807) is 6.08 Å². The highest BCUT2D eigenvalue weighted by Crippen LogP contribution is 2.28. The van der Waals surface area contributed by atoms with Crippen molar-refractivity contribution in [2.24, 2.45) is 0 Å². The fourth-order valence-corrected chi connectivity index (χ4v) is 0.953. The minimum absolute atomic E-state index is 0.0830. The van der Waals surface area contributed by atoms with Crippen LogP contribution in [0.15, 0.2) is 12.7 Å². The first-order valence-electron chi connectivity index (χ1n) is 3.35. The summed E-state index contributed by atoms with van der Waals surface area (Å²) in [6.45, 7) is 3.31. The molecular formula is C7H12O3. The topological polar surface area (TPSA) is 53.0 Å². The molecule has 1 rings (SSSR count). The molecule has 2 N–H and O–H groups in total. The first-order valence-corrected chi connectivity index (χ1v) is 3.35. The average molecular weight is 144 g/mol. The van der Waals surface area contributed by atoms with Gasteiger partial charge in [-0.15, -0.1) is 6.58 Å². The lowest BCUT2D eigenvalue weighted by Crippen LogP contribution is -2.20. The molecule has 1 heterocycles. The summed E-state index contributed by atoms with van der Waals surface area (Å²) < 4.78 is 5.03. The molecule has 0 aliphatic carbocycles. The highest BCUT2D eigenvalue weighted by Gasteiger charge is 2.42. The molecule has 10 heavy (non-hydrogen) atoms. The molecule has 1 aliphatic rings. The second-order valence-electron chi connectivity index (χ2n) is 2.41. The van der Waals surface area contributed by atoms with E-state index in [4.69, 9.17) is 14.9 Å². The smallest absolute Gasteiger partial charge is 0.113 e. The van der Waals surface area contributed by atoms with Crippen molar-refractivity contribution in [3.8, 4) is 0 Å². The van der Waals surface area contributed by atoms with E-state index in [0.717, 1.165) is 6.42 Å². The normalized spacial score (nSPS) is 33.4. The Morgan fingerprint density at radius 3 is 2.90 bits per heavy atom. The highest BCUT2D eigenvalue weighted by atomic mass is 16.6. The van der Waals surface area contributed by atoms with Crippen molar-refractivity contribution in [3.63, 3.8) is 0 Å². The molecule has 3 atom stereocenters. The van der Waals surface area contributed by atoms with Crippen LogP contribution in [-0.2, 0) is 4.74 Å². The van der Waals surface area contributed by atoms with E-state index in [2.05, 4.69) is 6.58 Å². The van der Waals surface area contributed by atoms with Crippen LogP contribution in [0.1, 0.15) is 6.42 Å². The third kappa shape index (κ3) is 1.56. The maximum atomic E-state index is 8.99. The fraction of sp³-hybridized carbons (Fsp3) is 0.714. The molecular weight excluding hydrogens is 132 g/mol. The van der Waals surface area contributed by atoms with Crippen molar-refractivity contribution in [2.75, 3.05) is 6.61 Å². The molecule has 0 radical (unpaired) electrons. The summed E-state index contributed by atoms with van der Waals surface area (Å²) in [6, 6.07) is 0. The standard InChI is InChI=1S/C7H12O3/c1-2-3-6-7(10-6)5(9)4-8/h2,5-9H,1,3-4H2/t5-,6+,7+/m0/s1. The van der Waals surface area contributed by atoms with Crippen molar-refractivity contribution in [3.05, 3.63) is 12.7 Å². The molecule has 1 fully saturated rings. The van der Waals surface area contributed by atoms with Crippen LogP contribution in [-0.4, -0.2) is 35.1 Å². The van der Waals surface area contributed by atoms with Crippen LogP contribution in [0.5, 0.6) is 0 Å². The molecule has 0 saturated carbocycles. The van der Waals surface area contributed by atoms with Gasteiger partial charge in [-0.3, -0.25) is 0 Å². The van der Waals surface area contributed by atoms with E-state index in [0.29, 0.717) is 0 Å².